The van der Waals surface area contributed by atoms with Crippen molar-refractivity contribution >= 4 is 29.9 Å². The van der Waals surface area contributed by atoms with Gasteiger partial charge in [0.15, 0.2) is 11.8 Å². The van der Waals surface area contributed by atoms with Crippen LogP contribution in [-0.4, -0.2) is 52.6 Å². The highest BCUT2D eigenvalue weighted by Gasteiger charge is 2.23. The number of guanidine groups is 1. The van der Waals surface area contributed by atoms with E-state index in [0.717, 1.165) is 75.2 Å². The second-order valence-corrected chi connectivity index (χ2v) is 8.54. The molecule has 4 heterocycles. The van der Waals surface area contributed by atoms with E-state index in [1.165, 1.54) is 6.42 Å². The van der Waals surface area contributed by atoms with Gasteiger partial charge in [0.25, 0.3) is 0 Å². The number of fused-ring (bicyclic) bond motifs is 1. The SMILES string of the molecule is CC(C)c1nc2n(n1)CC(NC(=NCC1CCCCO1)NCCc1ccco1)CC2.I. The zero-order chi connectivity index (χ0) is 20.8. The highest BCUT2D eigenvalue weighted by Crippen LogP contribution is 2.17. The molecule has 9 heteroatoms. The Kier molecular flexibility index (Phi) is 9.18. The molecule has 2 aromatic rings. The van der Waals surface area contributed by atoms with Crippen LogP contribution in [-0.2, 0) is 24.1 Å². The summed E-state index contributed by atoms with van der Waals surface area (Å²) in [7, 11) is 0. The number of furan rings is 1. The Morgan fingerprint density at radius 1 is 1.32 bits per heavy atom. The molecule has 2 aromatic heterocycles. The van der Waals surface area contributed by atoms with Gasteiger partial charge in [0.1, 0.15) is 11.6 Å². The molecule has 8 nitrogen and oxygen atoms in total. The van der Waals surface area contributed by atoms with Crippen molar-refractivity contribution in [2.75, 3.05) is 19.7 Å². The predicted molar refractivity (Wildman–Crippen MR) is 131 cm³/mol. The molecule has 31 heavy (non-hydrogen) atoms. The van der Waals surface area contributed by atoms with Gasteiger partial charge in [-0.2, -0.15) is 5.10 Å². The lowest BCUT2D eigenvalue weighted by atomic mass is 10.1. The summed E-state index contributed by atoms with van der Waals surface area (Å²) in [5, 5.41) is 11.8. The van der Waals surface area contributed by atoms with Crippen molar-refractivity contribution in [3.63, 3.8) is 0 Å². The van der Waals surface area contributed by atoms with Gasteiger partial charge in [-0.05, 0) is 37.8 Å². The van der Waals surface area contributed by atoms with Gasteiger partial charge >= 0.3 is 0 Å². The van der Waals surface area contributed by atoms with Crippen molar-refractivity contribution < 1.29 is 9.15 Å². The number of ether oxygens (including phenoxy) is 1. The number of hydrogen-bond acceptors (Lipinski definition) is 5. The number of halogens is 1. The van der Waals surface area contributed by atoms with Crippen molar-refractivity contribution in [3.8, 4) is 0 Å². The summed E-state index contributed by atoms with van der Waals surface area (Å²) >= 11 is 0. The fraction of sp³-hybridized carbons (Fsp3) is 0.682. The number of aryl methyl sites for hydroxylation is 1. The first kappa shape index (κ1) is 24.0. The molecule has 2 N–H and O–H groups in total. The molecule has 4 rings (SSSR count). The standard InChI is InChI=1S/C22H34N6O2.HI/c1-16(2)21-26-20-9-8-17(15-28(20)27-21)25-22(23-11-10-18-7-5-13-29-18)24-14-19-6-3-4-12-30-19;/h5,7,13,16-17,19H,3-4,6,8-12,14-15H2,1-2H3,(H2,23,24,25);1H. The lowest BCUT2D eigenvalue weighted by Gasteiger charge is -2.26. The van der Waals surface area contributed by atoms with E-state index in [4.69, 9.17) is 24.2 Å². The lowest BCUT2D eigenvalue weighted by Crippen LogP contribution is -2.48. The van der Waals surface area contributed by atoms with E-state index in [2.05, 4.69) is 29.2 Å². The Hall–Kier alpha value is -1.62. The van der Waals surface area contributed by atoms with Gasteiger partial charge in [0, 0.05) is 38.0 Å². The first-order chi connectivity index (χ1) is 14.7. The van der Waals surface area contributed by atoms with Crippen LogP contribution in [0, 0.1) is 0 Å². The summed E-state index contributed by atoms with van der Waals surface area (Å²) in [5.41, 5.74) is 0. The zero-order valence-electron chi connectivity index (χ0n) is 18.5. The topological polar surface area (TPSA) is 89.5 Å². The molecule has 0 saturated carbocycles. The summed E-state index contributed by atoms with van der Waals surface area (Å²) in [6.07, 6.45) is 8.20. The van der Waals surface area contributed by atoms with Gasteiger partial charge in [0.05, 0.1) is 25.5 Å². The highest BCUT2D eigenvalue weighted by atomic mass is 127. The summed E-state index contributed by atoms with van der Waals surface area (Å²) in [4.78, 5) is 9.53. The van der Waals surface area contributed by atoms with E-state index in [9.17, 15) is 0 Å². The van der Waals surface area contributed by atoms with E-state index in [0.29, 0.717) is 12.5 Å². The largest absolute Gasteiger partial charge is 0.469 e. The minimum Gasteiger partial charge on any atom is -0.469 e. The van der Waals surface area contributed by atoms with E-state index < -0.39 is 0 Å². The van der Waals surface area contributed by atoms with Crippen LogP contribution in [0.15, 0.2) is 27.8 Å². The molecular weight excluding hydrogens is 507 g/mol. The number of nitrogens with one attached hydrogen (secondary N) is 2. The van der Waals surface area contributed by atoms with Crippen LogP contribution >= 0.6 is 24.0 Å². The van der Waals surface area contributed by atoms with Gasteiger partial charge in [-0.3, -0.25) is 4.99 Å². The van der Waals surface area contributed by atoms with Crippen LogP contribution in [0.4, 0.5) is 0 Å². The summed E-state index contributed by atoms with van der Waals surface area (Å²) in [6, 6.07) is 4.20. The molecule has 0 bridgehead atoms. The third-order valence-electron chi connectivity index (χ3n) is 5.70. The average Bonchev–Trinajstić information content (AvgIpc) is 3.42. The molecule has 172 valence electrons. The predicted octanol–water partition coefficient (Wildman–Crippen LogP) is 3.27. The van der Waals surface area contributed by atoms with E-state index in [-0.39, 0.29) is 36.1 Å². The maximum absolute atomic E-state index is 5.85. The number of hydrogen-bond donors (Lipinski definition) is 2. The van der Waals surface area contributed by atoms with E-state index in [1.807, 2.05) is 12.1 Å². The number of rotatable bonds is 7. The second-order valence-electron chi connectivity index (χ2n) is 8.54. The number of aliphatic imine (C=N–C) groups is 1. The van der Waals surface area contributed by atoms with Crippen molar-refractivity contribution in [3.05, 3.63) is 35.8 Å². The summed E-state index contributed by atoms with van der Waals surface area (Å²) in [5.74, 6) is 4.20. The Morgan fingerprint density at radius 3 is 2.97 bits per heavy atom. The van der Waals surface area contributed by atoms with Crippen LogP contribution < -0.4 is 10.6 Å². The molecular formula is C22H35IN6O2. The molecule has 2 atom stereocenters. The lowest BCUT2D eigenvalue weighted by molar-refractivity contribution is 0.0224. The monoisotopic (exact) mass is 542 g/mol. The maximum atomic E-state index is 5.85. The van der Waals surface area contributed by atoms with Crippen LogP contribution in [0.5, 0.6) is 0 Å². The van der Waals surface area contributed by atoms with Crippen LogP contribution in [0.2, 0.25) is 0 Å². The van der Waals surface area contributed by atoms with E-state index >= 15 is 0 Å². The van der Waals surface area contributed by atoms with Crippen LogP contribution in [0.25, 0.3) is 0 Å². The van der Waals surface area contributed by atoms with Crippen molar-refractivity contribution in [1.29, 1.82) is 0 Å². The Morgan fingerprint density at radius 2 is 2.23 bits per heavy atom. The molecule has 0 radical (unpaired) electrons. The second kappa shape index (κ2) is 11.8. The van der Waals surface area contributed by atoms with Gasteiger partial charge in [-0.1, -0.05) is 13.8 Å². The molecule has 0 aliphatic carbocycles. The number of aromatic nitrogens is 3. The Bertz CT molecular complexity index is 814. The van der Waals surface area contributed by atoms with Gasteiger partial charge in [-0.15, -0.1) is 24.0 Å². The molecule has 1 saturated heterocycles. The third-order valence-corrected chi connectivity index (χ3v) is 5.70. The van der Waals surface area contributed by atoms with Crippen LogP contribution in [0.1, 0.15) is 62.9 Å². The Labute approximate surface area is 201 Å². The quantitative estimate of drug-likeness (QED) is 0.317. The van der Waals surface area contributed by atoms with Crippen molar-refractivity contribution in [2.45, 2.75) is 77.0 Å². The van der Waals surface area contributed by atoms with Gasteiger partial charge < -0.3 is 19.8 Å². The summed E-state index contributed by atoms with van der Waals surface area (Å²) in [6.45, 7) is 7.40. The normalized spacial score (nSPS) is 21.5. The third kappa shape index (κ3) is 6.93. The minimum absolute atomic E-state index is 0. The smallest absolute Gasteiger partial charge is 0.191 e. The average molecular weight is 542 g/mol. The molecule has 0 aromatic carbocycles. The zero-order valence-corrected chi connectivity index (χ0v) is 20.9. The van der Waals surface area contributed by atoms with Crippen LogP contribution in [0.3, 0.4) is 0 Å². The summed E-state index contributed by atoms with van der Waals surface area (Å²) < 4.78 is 13.4. The van der Waals surface area contributed by atoms with Gasteiger partial charge in [0.2, 0.25) is 0 Å². The molecule has 0 amide bonds. The first-order valence-corrected chi connectivity index (χ1v) is 11.3. The molecule has 2 unspecified atom stereocenters. The molecule has 1 fully saturated rings. The maximum Gasteiger partial charge on any atom is 0.191 e. The van der Waals surface area contributed by atoms with E-state index in [1.54, 1.807) is 6.26 Å². The van der Waals surface area contributed by atoms with Crippen molar-refractivity contribution in [2.24, 2.45) is 4.99 Å². The fourth-order valence-corrected chi connectivity index (χ4v) is 3.94. The Balaban J connectivity index is 0.00000272. The highest BCUT2D eigenvalue weighted by molar-refractivity contribution is 14.0. The molecule has 2 aliphatic heterocycles. The molecule has 2 aliphatic rings. The number of nitrogens with zero attached hydrogens (tertiary/aromatic N) is 4. The molecule has 0 spiro atoms. The first-order valence-electron chi connectivity index (χ1n) is 11.3. The fourth-order valence-electron chi connectivity index (χ4n) is 3.94. The van der Waals surface area contributed by atoms with Gasteiger partial charge in [-0.25, -0.2) is 9.67 Å². The van der Waals surface area contributed by atoms with Crippen molar-refractivity contribution in [1.82, 2.24) is 25.4 Å². The minimum atomic E-state index is 0.